The van der Waals surface area contributed by atoms with Crippen LogP contribution >= 0.6 is 0 Å². The Bertz CT molecular complexity index is 1200. The molecule has 1 heterocycles. The Hall–Kier alpha value is -3.37. The zero-order valence-electron chi connectivity index (χ0n) is 19.3. The van der Waals surface area contributed by atoms with Gasteiger partial charge in [-0.3, -0.25) is 5.10 Å². The summed E-state index contributed by atoms with van der Waals surface area (Å²) in [4.78, 5) is 6.44. The largest absolute Gasteiger partial charge is 0.352 e. The van der Waals surface area contributed by atoms with Gasteiger partial charge in [0.2, 0.25) is 12.2 Å². The summed E-state index contributed by atoms with van der Waals surface area (Å²) in [6, 6.07) is 15.7. The maximum absolute atomic E-state index is 9.37. The third kappa shape index (κ3) is 4.57. The van der Waals surface area contributed by atoms with E-state index in [1.165, 1.54) is 16.7 Å². The summed E-state index contributed by atoms with van der Waals surface area (Å²) in [5, 5.41) is 24.9. The molecule has 1 fully saturated rings. The van der Waals surface area contributed by atoms with E-state index in [0.29, 0.717) is 5.96 Å². The number of H-pyrrole nitrogens is 1. The van der Waals surface area contributed by atoms with Gasteiger partial charge in [-0.25, -0.2) is 0 Å². The number of benzene rings is 2. The topological polar surface area (TPSA) is 92.1 Å². The van der Waals surface area contributed by atoms with Crippen molar-refractivity contribution in [3.05, 3.63) is 65.4 Å². The predicted molar refractivity (Wildman–Crippen MR) is 131 cm³/mol. The number of aliphatic imine (C=N–C) groups is 1. The Kier molecular flexibility index (Phi) is 5.77. The Morgan fingerprint density at radius 1 is 1.27 bits per heavy atom. The van der Waals surface area contributed by atoms with Gasteiger partial charge in [0.1, 0.15) is 0 Å². The second-order valence-electron chi connectivity index (χ2n) is 9.67. The lowest BCUT2D eigenvalue weighted by Gasteiger charge is -2.35. The molecule has 170 valence electrons. The summed E-state index contributed by atoms with van der Waals surface area (Å²) in [6.45, 7) is 0. The minimum Gasteiger partial charge on any atom is -0.352 e. The average molecular weight is 442 g/mol. The van der Waals surface area contributed by atoms with Gasteiger partial charge < -0.3 is 15.5 Å². The van der Waals surface area contributed by atoms with E-state index in [-0.39, 0.29) is 17.6 Å². The molecule has 3 aromatic rings. The first kappa shape index (κ1) is 21.5. The molecule has 7 nitrogen and oxygen atoms in total. The Morgan fingerprint density at radius 2 is 2.09 bits per heavy atom. The van der Waals surface area contributed by atoms with E-state index in [1.807, 2.05) is 12.4 Å². The molecule has 2 aliphatic rings. The van der Waals surface area contributed by atoms with Gasteiger partial charge in [-0.2, -0.15) is 10.4 Å². The highest BCUT2D eigenvalue weighted by Crippen LogP contribution is 2.42. The molecule has 3 N–H and O–H groups in total. The number of nitriles is 1. The predicted octanol–water partition coefficient (Wildman–Crippen LogP) is 3.14. The van der Waals surface area contributed by atoms with Crippen molar-refractivity contribution in [2.45, 2.75) is 56.1 Å². The molecule has 33 heavy (non-hydrogen) atoms. The van der Waals surface area contributed by atoms with Gasteiger partial charge in [0.15, 0.2) is 0 Å². The number of aryl methyl sites for hydroxylation is 1. The summed E-state index contributed by atoms with van der Waals surface area (Å²) in [6.07, 6.45) is 9.95. The number of hydrogen-bond donors (Lipinski definition) is 3. The van der Waals surface area contributed by atoms with Gasteiger partial charge in [-0.15, -0.1) is 4.99 Å². The second-order valence-corrected chi connectivity index (χ2v) is 9.67. The van der Waals surface area contributed by atoms with Crippen LogP contribution in [-0.2, 0) is 19.3 Å². The van der Waals surface area contributed by atoms with Crippen LogP contribution in [0.4, 0.5) is 0 Å². The normalized spacial score (nSPS) is 20.2. The van der Waals surface area contributed by atoms with E-state index in [9.17, 15) is 5.26 Å². The number of fused-ring (bicyclic) bond motifs is 2. The van der Waals surface area contributed by atoms with Crippen LogP contribution in [0.5, 0.6) is 0 Å². The van der Waals surface area contributed by atoms with Crippen LogP contribution in [0.25, 0.3) is 10.9 Å². The first-order valence-corrected chi connectivity index (χ1v) is 11.7. The summed E-state index contributed by atoms with van der Waals surface area (Å²) in [7, 11) is 4.27. The third-order valence-corrected chi connectivity index (χ3v) is 7.20. The molecule has 0 saturated heterocycles. The number of hydrogen-bond acceptors (Lipinski definition) is 4. The molecule has 2 unspecified atom stereocenters. The van der Waals surface area contributed by atoms with Crippen LogP contribution in [-0.4, -0.2) is 52.8 Å². The van der Waals surface area contributed by atoms with Crippen molar-refractivity contribution in [3.8, 4) is 6.19 Å². The molecule has 0 aliphatic heterocycles. The molecular weight excluding hydrogens is 410 g/mol. The Balaban J connectivity index is 1.30. The zero-order valence-corrected chi connectivity index (χ0v) is 19.3. The molecule has 7 heteroatoms. The lowest BCUT2D eigenvalue weighted by atomic mass is 9.88. The molecule has 5 rings (SSSR count). The minimum atomic E-state index is -0.0931. The minimum absolute atomic E-state index is 0.0931. The summed E-state index contributed by atoms with van der Waals surface area (Å²) in [5.74, 6) is 0.608. The highest BCUT2D eigenvalue weighted by molar-refractivity contribution is 5.82. The number of aromatic nitrogens is 2. The van der Waals surface area contributed by atoms with Crippen molar-refractivity contribution in [2.24, 2.45) is 4.99 Å². The number of nitrogens with zero attached hydrogens (tertiary/aromatic N) is 4. The molecule has 0 radical (unpaired) electrons. The highest BCUT2D eigenvalue weighted by atomic mass is 15.3. The number of guanidine groups is 1. The lowest BCUT2D eigenvalue weighted by molar-refractivity contribution is 0.226. The number of rotatable bonds is 6. The monoisotopic (exact) mass is 441 g/mol. The first-order valence-electron chi connectivity index (χ1n) is 11.7. The van der Waals surface area contributed by atoms with Crippen LogP contribution in [0.2, 0.25) is 0 Å². The van der Waals surface area contributed by atoms with Crippen molar-refractivity contribution in [1.29, 1.82) is 5.26 Å². The quantitative estimate of drug-likeness (QED) is 0.311. The van der Waals surface area contributed by atoms with Gasteiger partial charge in [-0.05, 0) is 81.4 Å². The molecule has 2 atom stereocenters. The van der Waals surface area contributed by atoms with Gasteiger partial charge >= 0.3 is 0 Å². The fourth-order valence-electron chi connectivity index (χ4n) is 5.29. The molecule has 0 amide bonds. The highest BCUT2D eigenvalue weighted by Gasteiger charge is 2.51. The van der Waals surface area contributed by atoms with Crippen LogP contribution in [0, 0.1) is 11.5 Å². The maximum Gasteiger partial charge on any atom is 0.209 e. The van der Waals surface area contributed by atoms with Crippen LogP contribution in [0.3, 0.4) is 0 Å². The van der Waals surface area contributed by atoms with Crippen molar-refractivity contribution in [2.75, 3.05) is 14.1 Å². The van der Waals surface area contributed by atoms with Gasteiger partial charge in [0.05, 0.1) is 17.3 Å². The fraction of sp³-hybridized carbons (Fsp3) is 0.423. The average Bonchev–Trinajstić information content (AvgIpc) is 3.42. The molecule has 1 aromatic heterocycles. The van der Waals surface area contributed by atoms with E-state index in [2.05, 4.69) is 87.3 Å². The SMILES string of the molecule is CN(C)C(Cc1ccc2[nH]ncc2c1)C1(NC(=NC#N)NC2CCc3ccccc3C2)CC1. The summed E-state index contributed by atoms with van der Waals surface area (Å²) < 4.78 is 0. The van der Waals surface area contributed by atoms with E-state index in [4.69, 9.17) is 0 Å². The number of likely N-dealkylation sites (N-methyl/N-ethyl adjacent to an activating group) is 1. The molecule has 0 bridgehead atoms. The van der Waals surface area contributed by atoms with Crippen molar-refractivity contribution >= 4 is 16.9 Å². The molecule has 1 saturated carbocycles. The molecular formula is C26H31N7. The lowest BCUT2D eigenvalue weighted by Crippen LogP contribution is -2.57. The first-order chi connectivity index (χ1) is 16.1. The number of aromatic amines is 1. The van der Waals surface area contributed by atoms with Crippen LogP contribution < -0.4 is 10.6 Å². The van der Waals surface area contributed by atoms with Gasteiger partial charge in [-0.1, -0.05) is 30.3 Å². The summed E-state index contributed by atoms with van der Waals surface area (Å²) in [5.41, 5.74) is 5.07. The third-order valence-electron chi connectivity index (χ3n) is 7.20. The Labute approximate surface area is 194 Å². The van der Waals surface area contributed by atoms with Crippen molar-refractivity contribution in [3.63, 3.8) is 0 Å². The van der Waals surface area contributed by atoms with E-state index < -0.39 is 0 Å². The van der Waals surface area contributed by atoms with E-state index in [0.717, 1.165) is 49.4 Å². The Morgan fingerprint density at radius 3 is 2.85 bits per heavy atom. The van der Waals surface area contributed by atoms with Crippen molar-refractivity contribution < 1.29 is 0 Å². The maximum atomic E-state index is 9.37. The van der Waals surface area contributed by atoms with Gasteiger partial charge in [0, 0.05) is 17.5 Å². The molecule has 2 aliphatic carbocycles. The zero-order chi connectivity index (χ0) is 22.8. The summed E-state index contributed by atoms with van der Waals surface area (Å²) >= 11 is 0. The fourth-order valence-corrected chi connectivity index (χ4v) is 5.29. The second kappa shape index (κ2) is 8.87. The smallest absolute Gasteiger partial charge is 0.209 e. The number of nitrogens with one attached hydrogen (secondary N) is 3. The molecule has 2 aromatic carbocycles. The van der Waals surface area contributed by atoms with Crippen molar-refractivity contribution in [1.82, 2.24) is 25.7 Å². The standard InChI is InChI=1S/C26H31N7/c1-33(2)24(14-18-7-10-23-21(13-18)16-29-32-23)26(11-12-26)31-25(28-17-27)30-22-9-8-19-5-3-4-6-20(19)15-22/h3-7,10,13,16,22,24H,8-9,11-12,14-15H2,1-2H3,(H,29,32)(H2,28,30,31). The van der Waals surface area contributed by atoms with Crippen LogP contribution in [0.1, 0.15) is 36.0 Å². The van der Waals surface area contributed by atoms with Gasteiger partial charge in [0.25, 0.3) is 0 Å². The van der Waals surface area contributed by atoms with Crippen LogP contribution in [0.15, 0.2) is 53.7 Å². The molecule has 0 spiro atoms. The van der Waals surface area contributed by atoms with E-state index >= 15 is 0 Å². The van der Waals surface area contributed by atoms with E-state index in [1.54, 1.807) is 0 Å².